The zero-order chi connectivity index (χ0) is 15.9. The Morgan fingerprint density at radius 2 is 2.05 bits per heavy atom. The lowest BCUT2D eigenvalue weighted by molar-refractivity contribution is 0.0869. The molecule has 0 aliphatic carbocycles. The van der Waals surface area contributed by atoms with Crippen LogP contribution in [-0.2, 0) is 12.6 Å². The lowest BCUT2D eigenvalue weighted by Crippen LogP contribution is -2.42. The van der Waals surface area contributed by atoms with E-state index in [1.807, 2.05) is 49.7 Å². The van der Waals surface area contributed by atoms with Crippen LogP contribution in [0.4, 0.5) is 0 Å². The third-order valence-corrected chi connectivity index (χ3v) is 3.62. The average molecular weight is 298 g/mol. The zero-order valence-electron chi connectivity index (χ0n) is 13.0. The van der Waals surface area contributed by atoms with Crippen molar-refractivity contribution in [3.63, 3.8) is 0 Å². The molecule has 0 bridgehead atoms. The molecule has 1 N–H and O–H groups in total. The van der Waals surface area contributed by atoms with Crippen molar-refractivity contribution in [3.8, 4) is 0 Å². The molecule has 0 saturated heterocycles. The Bertz CT molecular complexity index is 845. The first kappa shape index (κ1) is 14.3. The van der Waals surface area contributed by atoms with Crippen LogP contribution in [0.3, 0.4) is 0 Å². The molecule has 3 aromatic rings. The van der Waals surface area contributed by atoms with Crippen LogP contribution in [0.15, 0.2) is 34.9 Å². The number of benzene rings is 1. The number of aromatic nitrogens is 3. The van der Waals surface area contributed by atoms with E-state index in [4.69, 9.17) is 4.52 Å². The van der Waals surface area contributed by atoms with Crippen molar-refractivity contribution in [1.82, 2.24) is 20.0 Å². The summed E-state index contributed by atoms with van der Waals surface area (Å²) in [6.07, 6.45) is 0. The van der Waals surface area contributed by atoms with Crippen LogP contribution >= 0.6 is 0 Å². The molecule has 0 aliphatic heterocycles. The molecular weight excluding hydrogens is 280 g/mol. The first-order chi connectivity index (χ1) is 10.4. The second-order valence-corrected chi connectivity index (χ2v) is 5.89. The Morgan fingerprint density at radius 1 is 1.32 bits per heavy atom. The number of hydrogen-bond donors (Lipinski definition) is 1. The summed E-state index contributed by atoms with van der Waals surface area (Å²) in [5, 5.41) is 6.68. The molecule has 0 unspecified atom stereocenters. The molecule has 0 aliphatic rings. The summed E-state index contributed by atoms with van der Waals surface area (Å²) in [6, 6.07) is 9.49. The van der Waals surface area contributed by atoms with E-state index in [2.05, 4.69) is 15.5 Å². The normalized spacial score (nSPS) is 11.8. The van der Waals surface area contributed by atoms with Gasteiger partial charge in [-0.25, -0.2) is 4.98 Å². The van der Waals surface area contributed by atoms with Crippen molar-refractivity contribution < 1.29 is 9.32 Å². The molecule has 3 rings (SSSR count). The molecule has 1 amide bonds. The maximum atomic E-state index is 12.3. The molecular formula is C16H18N4O2. The number of para-hydroxylation sites is 2. The predicted octanol–water partition coefficient (Wildman–Crippen LogP) is 2.53. The fourth-order valence-corrected chi connectivity index (χ4v) is 2.58. The third-order valence-electron chi connectivity index (χ3n) is 3.62. The Labute approximate surface area is 128 Å². The van der Waals surface area contributed by atoms with Crippen LogP contribution in [0, 0.1) is 6.92 Å². The Balaban J connectivity index is 1.94. The van der Waals surface area contributed by atoms with E-state index in [0.29, 0.717) is 5.69 Å². The minimum Gasteiger partial charge on any atom is -0.351 e. The number of fused-ring (bicyclic) bond motifs is 1. The van der Waals surface area contributed by atoms with Gasteiger partial charge in [-0.3, -0.25) is 4.79 Å². The molecule has 6 nitrogen and oxygen atoms in total. The van der Waals surface area contributed by atoms with Crippen molar-refractivity contribution in [2.45, 2.75) is 26.3 Å². The Kier molecular flexibility index (Phi) is 3.24. The van der Waals surface area contributed by atoms with Gasteiger partial charge < -0.3 is 14.4 Å². The van der Waals surface area contributed by atoms with E-state index in [9.17, 15) is 4.79 Å². The monoisotopic (exact) mass is 298 g/mol. The fourth-order valence-electron chi connectivity index (χ4n) is 2.58. The van der Waals surface area contributed by atoms with Gasteiger partial charge >= 0.3 is 0 Å². The van der Waals surface area contributed by atoms with E-state index in [1.165, 1.54) is 0 Å². The second-order valence-electron chi connectivity index (χ2n) is 5.89. The minimum atomic E-state index is -0.647. The standard InChI is InChI=1S/C16H18N4O2/c1-10-9-13(22-19-10)14(21)18-16(2,3)15-17-11-7-5-6-8-12(11)20(15)4/h5-9H,1-4H3,(H,18,21). The quantitative estimate of drug-likeness (QED) is 0.806. The van der Waals surface area contributed by atoms with Gasteiger partial charge in [0.25, 0.3) is 5.91 Å². The summed E-state index contributed by atoms with van der Waals surface area (Å²) < 4.78 is 7.00. The molecule has 114 valence electrons. The van der Waals surface area contributed by atoms with Gasteiger partial charge in [-0.2, -0.15) is 0 Å². The smallest absolute Gasteiger partial charge is 0.290 e. The number of hydrogen-bond acceptors (Lipinski definition) is 4. The molecule has 0 spiro atoms. The summed E-state index contributed by atoms with van der Waals surface area (Å²) in [4.78, 5) is 16.9. The lowest BCUT2D eigenvalue weighted by atomic mass is 10.0. The highest BCUT2D eigenvalue weighted by atomic mass is 16.5. The number of carbonyl (C=O) groups is 1. The molecule has 1 aromatic carbocycles. The third kappa shape index (κ3) is 2.36. The summed E-state index contributed by atoms with van der Waals surface area (Å²) in [7, 11) is 1.94. The molecule has 0 radical (unpaired) electrons. The zero-order valence-corrected chi connectivity index (χ0v) is 13.0. The number of carbonyl (C=O) groups excluding carboxylic acids is 1. The molecule has 2 heterocycles. The van der Waals surface area contributed by atoms with Crippen molar-refractivity contribution in [2.24, 2.45) is 7.05 Å². The number of imidazole rings is 1. The van der Waals surface area contributed by atoms with Crippen molar-refractivity contribution in [2.75, 3.05) is 0 Å². The average Bonchev–Trinajstić information content (AvgIpc) is 3.04. The summed E-state index contributed by atoms with van der Waals surface area (Å²) in [5.74, 6) is 0.667. The van der Waals surface area contributed by atoms with Gasteiger partial charge in [0.05, 0.1) is 22.3 Å². The van der Waals surface area contributed by atoms with Gasteiger partial charge in [-0.1, -0.05) is 17.3 Å². The van der Waals surface area contributed by atoms with Crippen molar-refractivity contribution in [1.29, 1.82) is 0 Å². The number of nitrogens with one attached hydrogen (secondary N) is 1. The van der Waals surface area contributed by atoms with E-state index in [0.717, 1.165) is 16.9 Å². The van der Waals surface area contributed by atoms with Crippen molar-refractivity contribution in [3.05, 3.63) is 47.6 Å². The molecule has 2 aromatic heterocycles. The lowest BCUT2D eigenvalue weighted by Gasteiger charge is -2.25. The SMILES string of the molecule is Cc1cc(C(=O)NC(C)(C)c2nc3ccccc3n2C)on1. The van der Waals surface area contributed by atoms with Crippen LogP contribution in [-0.4, -0.2) is 20.6 Å². The van der Waals surface area contributed by atoms with E-state index >= 15 is 0 Å². The Morgan fingerprint density at radius 3 is 2.68 bits per heavy atom. The first-order valence-electron chi connectivity index (χ1n) is 7.06. The van der Waals surface area contributed by atoms with Crippen molar-refractivity contribution >= 4 is 16.9 Å². The predicted molar refractivity (Wildman–Crippen MR) is 82.4 cm³/mol. The molecule has 0 saturated carbocycles. The number of aryl methyl sites for hydroxylation is 2. The summed E-state index contributed by atoms with van der Waals surface area (Å²) >= 11 is 0. The van der Waals surface area contributed by atoms with Crippen LogP contribution < -0.4 is 5.32 Å². The van der Waals surface area contributed by atoms with Gasteiger partial charge in [0.15, 0.2) is 0 Å². The topological polar surface area (TPSA) is 73.0 Å². The van der Waals surface area contributed by atoms with E-state index in [1.54, 1.807) is 13.0 Å². The number of nitrogens with zero attached hydrogens (tertiary/aromatic N) is 3. The highest BCUT2D eigenvalue weighted by molar-refractivity contribution is 5.92. The van der Waals surface area contributed by atoms with Gasteiger partial charge in [0, 0.05) is 13.1 Å². The highest BCUT2D eigenvalue weighted by Gasteiger charge is 2.30. The van der Waals surface area contributed by atoms with Crippen LogP contribution in [0.25, 0.3) is 11.0 Å². The fraction of sp³-hybridized carbons (Fsp3) is 0.312. The highest BCUT2D eigenvalue weighted by Crippen LogP contribution is 2.24. The number of rotatable bonds is 3. The van der Waals surface area contributed by atoms with Gasteiger partial charge in [0.2, 0.25) is 5.76 Å². The maximum Gasteiger partial charge on any atom is 0.290 e. The molecule has 22 heavy (non-hydrogen) atoms. The van der Waals surface area contributed by atoms with Gasteiger partial charge in [0.1, 0.15) is 5.82 Å². The minimum absolute atomic E-state index is 0.198. The summed E-state index contributed by atoms with van der Waals surface area (Å²) in [5.41, 5.74) is 1.95. The largest absolute Gasteiger partial charge is 0.351 e. The van der Waals surface area contributed by atoms with Gasteiger partial charge in [-0.15, -0.1) is 0 Å². The maximum absolute atomic E-state index is 12.3. The molecule has 0 fully saturated rings. The van der Waals surface area contributed by atoms with E-state index in [-0.39, 0.29) is 11.7 Å². The number of amides is 1. The van der Waals surface area contributed by atoms with Crippen LogP contribution in [0.5, 0.6) is 0 Å². The van der Waals surface area contributed by atoms with Gasteiger partial charge in [-0.05, 0) is 32.9 Å². The summed E-state index contributed by atoms with van der Waals surface area (Å²) in [6.45, 7) is 5.60. The van der Waals surface area contributed by atoms with E-state index < -0.39 is 5.54 Å². The van der Waals surface area contributed by atoms with Crippen LogP contribution in [0.1, 0.15) is 35.9 Å². The molecule has 6 heteroatoms. The first-order valence-corrected chi connectivity index (χ1v) is 7.06. The Hall–Kier alpha value is -2.63. The van der Waals surface area contributed by atoms with Crippen LogP contribution in [0.2, 0.25) is 0 Å². The second kappa shape index (κ2) is 4.98. The molecule has 0 atom stereocenters.